The molecule has 0 bridgehead atoms. The van der Waals surface area contributed by atoms with Crippen LogP contribution in [-0.2, 0) is 14.4 Å². The molecule has 4 rings (SSSR count). The zero-order valence-electron chi connectivity index (χ0n) is 17.5. The molecule has 1 amide bonds. The van der Waals surface area contributed by atoms with Crippen molar-refractivity contribution in [2.75, 3.05) is 6.61 Å². The number of alkyl halides is 1. The van der Waals surface area contributed by atoms with Crippen molar-refractivity contribution in [1.82, 2.24) is 4.90 Å². The Hall–Kier alpha value is -1.99. The van der Waals surface area contributed by atoms with Gasteiger partial charge in [-0.3, -0.25) is 19.5 Å². The van der Waals surface area contributed by atoms with Crippen molar-refractivity contribution >= 4 is 23.4 Å². The first-order valence-corrected chi connectivity index (χ1v) is 11.5. The molecule has 0 spiro atoms. The highest BCUT2D eigenvalue weighted by Gasteiger charge is 2.45. The van der Waals surface area contributed by atoms with Crippen molar-refractivity contribution in [3.8, 4) is 0 Å². The number of nitrogens with zero attached hydrogens (tertiary/aromatic N) is 3. The van der Waals surface area contributed by atoms with Gasteiger partial charge in [0.25, 0.3) is 0 Å². The minimum atomic E-state index is -0.801. The van der Waals surface area contributed by atoms with Crippen LogP contribution in [0.5, 0.6) is 0 Å². The molecular formula is C22H32FN3O4. The number of unbranched alkanes of at least 4 members (excludes halogenated alkanes) is 1. The molecule has 2 saturated carbocycles. The summed E-state index contributed by atoms with van der Waals surface area (Å²) in [5, 5.41) is 13.1. The third-order valence-corrected chi connectivity index (χ3v) is 7.10. The van der Waals surface area contributed by atoms with Crippen molar-refractivity contribution in [2.24, 2.45) is 22.0 Å². The number of aliphatic carboxylic acids is 1. The van der Waals surface area contributed by atoms with Gasteiger partial charge in [0, 0.05) is 31.2 Å². The lowest BCUT2D eigenvalue weighted by Gasteiger charge is -2.45. The summed E-state index contributed by atoms with van der Waals surface area (Å²) < 4.78 is 13.7. The van der Waals surface area contributed by atoms with Crippen LogP contribution in [0.2, 0.25) is 0 Å². The van der Waals surface area contributed by atoms with Crippen LogP contribution in [0.25, 0.3) is 0 Å². The maximum atomic E-state index is 13.7. The van der Waals surface area contributed by atoms with Crippen LogP contribution in [0.4, 0.5) is 4.39 Å². The molecule has 2 aliphatic carbocycles. The predicted octanol–water partition coefficient (Wildman–Crippen LogP) is 3.71. The Balaban J connectivity index is 1.50. The fourth-order valence-corrected chi connectivity index (χ4v) is 5.47. The summed E-state index contributed by atoms with van der Waals surface area (Å²) in [6.07, 6.45) is 6.99. The van der Waals surface area contributed by atoms with E-state index in [1.54, 1.807) is 0 Å². The fourth-order valence-electron chi connectivity index (χ4n) is 5.47. The van der Waals surface area contributed by atoms with Gasteiger partial charge in [-0.2, -0.15) is 0 Å². The number of fused-ring (bicyclic) bond motifs is 1. The number of hydrogen-bond donors (Lipinski definition) is 1. The first-order chi connectivity index (χ1) is 14.5. The molecule has 2 fully saturated rings. The highest BCUT2D eigenvalue weighted by molar-refractivity contribution is 6.02. The van der Waals surface area contributed by atoms with Crippen LogP contribution in [-0.4, -0.2) is 58.3 Å². The molecule has 0 radical (unpaired) electrons. The number of hydrogen-bond acceptors (Lipinski definition) is 5. The highest BCUT2D eigenvalue weighted by Crippen LogP contribution is 2.39. The maximum absolute atomic E-state index is 13.7. The number of oxime groups is 1. The van der Waals surface area contributed by atoms with Gasteiger partial charge in [-0.05, 0) is 57.8 Å². The minimum absolute atomic E-state index is 0.0222. The van der Waals surface area contributed by atoms with Crippen LogP contribution >= 0.6 is 0 Å². The standard InChI is InChI=1S/C22H32FN3O4/c23-15-6-8-16(9-7-15)26-20(3-1-2-4-21(27)28)24-19-13-14(18-11-12-30-25-18)5-10-17(19)22(26)29/h14-17,19H,1-13H2,(H,27,28). The van der Waals surface area contributed by atoms with Gasteiger partial charge in [-0.1, -0.05) is 5.16 Å². The van der Waals surface area contributed by atoms with E-state index in [1.807, 2.05) is 4.90 Å². The molecular weight excluding hydrogens is 389 g/mol. The van der Waals surface area contributed by atoms with E-state index in [-0.39, 0.29) is 30.3 Å². The molecule has 166 valence electrons. The first kappa shape index (κ1) is 21.2. The largest absolute Gasteiger partial charge is 0.481 e. The number of halogens is 1. The number of carboxylic acids is 1. The summed E-state index contributed by atoms with van der Waals surface area (Å²) in [4.78, 5) is 36.5. The van der Waals surface area contributed by atoms with Gasteiger partial charge in [0.1, 0.15) is 18.6 Å². The van der Waals surface area contributed by atoms with Gasteiger partial charge in [0.05, 0.1) is 17.7 Å². The Labute approximate surface area is 176 Å². The van der Waals surface area contributed by atoms with Crippen LogP contribution in [0.15, 0.2) is 10.1 Å². The summed E-state index contributed by atoms with van der Waals surface area (Å²) in [6.45, 7) is 0.641. The molecule has 7 nitrogen and oxygen atoms in total. The fraction of sp³-hybridized carbons (Fsp3) is 0.818. The molecule has 0 saturated heterocycles. The second-order valence-corrected chi connectivity index (χ2v) is 9.11. The van der Waals surface area contributed by atoms with Crippen LogP contribution in [0.1, 0.15) is 77.0 Å². The Kier molecular flexibility index (Phi) is 6.68. The predicted molar refractivity (Wildman–Crippen MR) is 110 cm³/mol. The van der Waals surface area contributed by atoms with Gasteiger partial charge < -0.3 is 9.94 Å². The van der Waals surface area contributed by atoms with Gasteiger partial charge in [0.15, 0.2) is 0 Å². The molecule has 3 unspecified atom stereocenters. The molecule has 2 heterocycles. The molecule has 30 heavy (non-hydrogen) atoms. The lowest BCUT2D eigenvalue weighted by Crippen LogP contribution is -2.55. The number of carbonyl (C=O) groups is 2. The molecule has 4 aliphatic rings. The zero-order chi connectivity index (χ0) is 21.1. The summed E-state index contributed by atoms with van der Waals surface area (Å²) in [5.74, 6) is 0.361. The Morgan fingerprint density at radius 1 is 1.17 bits per heavy atom. The van der Waals surface area contributed by atoms with E-state index >= 15 is 0 Å². The van der Waals surface area contributed by atoms with Crippen molar-refractivity contribution in [3.05, 3.63) is 0 Å². The number of carboxylic acid groups (broad SMARTS) is 1. The molecule has 8 heteroatoms. The quantitative estimate of drug-likeness (QED) is 0.634. The molecule has 2 aliphatic heterocycles. The average Bonchev–Trinajstić information content (AvgIpc) is 3.27. The van der Waals surface area contributed by atoms with Crippen molar-refractivity contribution in [3.63, 3.8) is 0 Å². The average molecular weight is 422 g/mol. The monoisotopic (exact) mass is 421 g/mol. The van der Waals surface area contributed by atoms with E-state index in [9.17, 15) is 14.0 Å². The van der Waals surface area contributed by atoms with Gasteiger partial charge in [-0.15, -0.1) is 0 Å². The lowest BCUT2D eigenvalue weighted by atomic mass is 9.74. The summed E-state index contributed by atoms with van der Waals surface area (Å²) in [6, 6.07) is -0.0169. The summed E-state index contributed by atoms with van der Waals surface area (Å²) in [5.41, 5.74) is 1.10. The lowest BCUT2D eigenvalue weighted by molar-refractivity contribution is -0.138. The van der Waals surface area contributed by atoms with Crippen molar-refractivity contribution < 1.29 is 23.9 Å². The van der Waals surface area contributed by atoms with Crippen LogP contribution in [0.3, 0.4) is 0 Å². The molecule has 3 atom stereocenters. The van der Waals surface area contributed by atoms with E-state index in [1.165, 1.54) is 0 Å². The summed E-state index contributed by atoms with van der Waals surface area (Å²) in [7, 11) is 0. The van der Waals surface area contributed by atoms with E-state index < -0.39 is 12.1 Å². The number of amides is 1. The maximum Gasteiger partial charge on any atom is 0.303 e. The number of aliphatic imine (C=N–C) groups is 1. The van der Waals surface area contributed by atoms with E-state index in [2.05, 4.69) is 5.16 Å². The zero-order valence-corrected chi connectivity index (χ0v) is 17.5. The van der Waals surface area contributed by atoms with Crippen LogP contribution < -0.4 is 0 Å². The van der Waals surface area contributed by atoms with E-state index in [4.69, 9.17) is 14.9 Å². The second-order valence-electron chi connectivity index (χ2n) is 9.11. The number of rotatable bonds is 7. The summed E-state index contributed by atoms with van der Waals surface area (Å²) >= 11 is 0. The third kappa shape index (κ3) is 4.67. The Bertz CT molecular complexity index is 717. The topological polar surface area (TPSA) is 91.6 Å². The first-order valence-electron chi connectivity index (χ1n) is 11.5. The molecule has 0 aromatic heterocycles. The highest BCUT2D eigenvalue weighted by atomic mass is 19.1. The van der Waals surface area contributed by atoms with Gasteiger partial charge in [0.2, 0.25) is 5.91 Å². The van der Waals surface area contributed by atoms with E-state index in [0.717, 1.165) is 37.2 Å². The Morgan fingerprint density at radius 2 is 1.97 bits per heavy atom. The number of amidine groups is 1. The Morgan fingerprint density at radius 3 is 2.67 bits per heavy atom. The third-order valence-electron chi connectivity index (χ3n) is 7.10. The van der Waals surface area contributed by atoms with E-state index in [0.29, 0.717) is 57.5 Å². The number of carbonyl (C=O) groups excluding carboxylic acids is 1. The normalized spacial score (nSPS) is 34.1. The van der Waals surface area contributed by atoms with Gasteiger partial charge in [-0.25, -0.2) is 4.39 Å². The van der Waals surface area contributed by atoms with Gasteiger partial charge >= 0.3 is 5.97 Å². The van der Waals surface area contributed by atoms with Crippen LogP contribution in [0, 0.1) is 11.8 Å². The SMILES string of the molecule is O=C(O)CCCCC1=NC2CC(C3=NOCC3)CCC2C(=O)N1C1CCC(F)CC1. The molecule has 0 aromatic rings. The second kappa shape index (κ2) is 9.43. The minimum Gasteiger partial charge on any atom is -0.481 e. The van der Waals surface area contributed by atoms with Crippen molar-refractivity contribution in [2.45, 2.75) is 95.3 Å². The van der Waals surface area contributed by atoms with Crippen molar-refractivity contribution in [1.29, 1.82) is 0 Å². The molecule has 0 aromatic carbocycles. The smallest absolute Gasteiger partial charge is 0.303 e. The molecule has 1 N–H and O–H groups in total.